The number of thioether (sulfide) groups is 1. The number of benzene rings is 2. The first-order valence-corrected chi connectivity index (χ1v) is 13.2. The Hall–Kier alpha value is -2.14. The van der Waals surface area contributed by atoms with Crippen molar-refractivity contribution in [3.05, 3.63) is 46.4 Å². The number of nitrogens with zero attached hydrogens (tertiary/aromatic N) is 2. The van der Waals surface area contributed by atoms with Crippen LogP contribution in [-0.4, -0.2) is 63.1 Å². The van der Waals surface area contributed by atoms with Crippen molar-refractivity contribution < 1.29 is 27.4 Å². The van der Waals surface area contributed by atoms with Gasteiger partial charge in [0.15, 0.2) is 21.6 Å². The van der Waals surface area contributed by atoms with Gasteiger partial charge in [-0.2, -0.15) is 4.99 Å². The van der Waals surface area contributed by atoms with Crippen molar-refractivity contribution in [2.24, 2.45) is 4.99 Å². The molecule has 2 aromatic rings. The Morgan fingerprint density at radius 3 is 2.48 bits per heavy atom. The van der Waals surface area contributed by atoms with Gasteiger partial charge >= 0.3 is 0 Å². The van der Waals surface area contributed by atoms with Crippen molar-refractivity contribution >= 4 is 61.6 Å². The highest BCUT2D eigenvalue weighted by molar-refractivity contribution is 8.16. The molecule has 0 spiro atoms. The number of amidine groups is 1. The number of carbonyl (C=O) groups is 1. The maximum absolute atomic E-state index is 12.6. The summed E-state index contributed by atoms with van der Waals surface area (Å²) in [6, 6.07) is 9.44. The highest BCUT2D eigenvalue weighted by atomic mass is 35.5. The summed E-state index contributed by atoms with van der Waals surface area (Å²) in [4.78, 5) is 18.6. The molecule has 0 radical (unpaired) electrons. The van der Waals surface area contributed by atoms with Crippen molar-refractivity contribution in [1.82, 2.24) is 0 Å². The number of ether oxygens (including phenoxy) is 3. The molecule has 0 saturated carbocycles. The van der Waals surface area contributed by atoms with Gasteiger partial charge in [0, 0.05) is 16.3 Å². The Morgan fingerprint density at radius 1 is 1.12 bits per heavy atom. The largest absolute Gasteiger partial charge is 0.495 e. The highest BCUT2D eigenvalue weighted by Gasteiger charge is 2.50. The smallest absolute Gasteiger partial charge is 0.285 e. The molecule has 0 aliphatic carbocycles. The predicted molar refractivity (Wildman–Crippen MR) is 130 cm³/mol. The summed E-state index contributed by atoms with van der Waals surface area (Å²) < 4.78 is 40.9. The average Bonchev–Trinajstić information content (AvgIpc) is 3.23. The molecule has 2 aliphatic heterocycles. The standard InChI is InChI=1S/C21H20Cl2N2O6S2/c1-29-17-8-18(30-2)15(7-14(17)23)25-16-10-33(27,28)11-19(16)32-21(25)24-20(26)9-31-13-5-3-12(22)4-6-13/h3-8,16,19H,9-11H2,1-2H3/t16-,19+/m1/s1. The minimum atomic E-state index is -3.23. The number of rotatable bonds is 6. The molecule has 2 aliphatic rings. The minimum Gasteiger partial charge on any atom is -0.495 e. The number of fused-ring (bicyclic) bond motifs is 1. The fraction of sp³-hybridized carbons (Fsp3) is 0.333. The lowest BCUT2D eigenvalue weighted by Gasteiger charge is -2.26. The third kappa shape index (κ3) is 5.18. The number of sulfone groups is 1. The monoisotopic (exact) mass is 530 g/mol. The molecule has 0 bridgehead atoms. The molecular weight excluding hydrogens is 511 g/mol. The van der Waals surface area contributed by atoms with Crippen LogP contribution < -0.4 is 19.1 Å². The number of halogens is 2. The summed E-state index contributed by atoms with van der Waals surface area (Å²) >= 11 is 13.5. The molecule has 12 heteroatoms. The first-order valence-electron chi connectivity index (χ1n) is 9.78. The molecule has 2 saturated heterocycles. The molecule has 0 N–H and O–H groups in total. The molecule has 33 heavy (non-hydrogen) atoms. The summed E-state index contributed by atoms with van der Waals surface area (Å²) in [7, 11) is -0.257. The molecule has 2 fully saturated rings. The second kappa shape index (κ2) is 9.61. The van der Waals surface area contributed by atoms with Gasteiger partial charge in [-0.3, -0.25) is 4.79 Å². The van der Waals surface area contributed by atoms with Gasteiger partial charge in [0.1, 0.15) is 17.2 Å². The quantitative estimate of drug-likeness (QED) is 0.557. The number of hydrogen-bond donors (Lipinski definition) is 0. The molecular formula is C21H20Cl2N2O6S2. The average molecular weight is 531 g/mol. The van der Waals surface area contributed by atoms with E-state index in [4.69, 9.17) is 37.4 Å². The van der Waals surface area contributed by atoms with Crippen LogP contribution in [0.1, 0.15) is 0 Å². The zero-order valence-electron chi connectivity index (χ0n) is 17.7. The van der Waals surface area contributed by atoms with Crippen LogP contribution in [0.15, 0.2) is 41.4 Å². The number of carbonyl (C=O) groups excluding carboxylic acids is 1. The number of hydrogen-bond acceptors (Lipinski definition) is 7. The lowest BCUT2D eigenvalue weighted by molar-refractivity contribution is -0.119. The van der Waals surface area contributed by atoms with Gasteiger partial charge in [-0.1, -0.05) is 35.0 Å². The van der Waals surface area contributed by atoms with Gasteiger partial charge in [-0.25, -0.2) is 8.42 Å². The number of anilines is 1. The van der Waals surface area contributed by atoms with E-state index in [0.29, 0.717) is 38.1 Å². The van der Waals surface area contributed by atoms with Crippen LogP contribution in [0.3, 0.4) is 0 Å². The van der Waals surface area contributed by atoms with Crippen molar-refractivity contribution in [2.75, 3.05) is 37.2 Å². The van der Waals surface area contributed by atoms with Crippen molar-refractivity contribution in [3.63, 3.8) is 0 Å². The molecule has 0 unspecified atom stereocenters. The van der Waals surface area contributed by atoms with E-state index in [2.05, 4.69) is 4.99 Å². The Labute approximate surface area is 205 Å². The Kier molecular flexibility index (Phi) is 6.99. The van der Waals surface area contributed by atoms with Crippen molar-refractivity contribution in [3.8, 4) is 17.2 Å². The predicted octanol–water partition coefficient (Wildman–Crippen LogP) is 3.69. The topological polar surface area (TPSA) is 94.5 Å². The van der Waals surface area contributed by atoms with Gasteiger partial charge in [0.25, 0.3) is 5.91 Å². The van der Waals surface area contributed by atoms with Gasteiger partial charge in [0.05, 0.1) is 42.5 Å². The van der Waals surface area contributed by atoms with Gasteiger partial charge in [-0.15, -0.1) is 0 Å². The zero-order valence-corrected chi connectivity index (χ0v) is 20.8. The van der Waals surface area contributed by atoms with Gasteiger partial charge in [0.2, 0.25) is 0 Å². The molecule has 8 nitrogen and oxygen atoms in total. The van der Waals surface area contributed by atoms with Crippen LogP contribution >= 0.6 is 35.0 Å². The van der Waals surface area contributed by atoms with Crippen molar-refractivity contribution in [2.45, 2.75) is 11.3 Å². The van der Waals surface area contributed by atoms with Gasteiger partial charge < -0.3 is 19.1 Å². The van der Waals surface area contributed by atoms with Crippen LogP contribution in [0, 0.1) is 0 Å². The van der Waals surface area contributed by atoms with Crippen LogP contribution in [-0.2, 0) is 14.6 Å². The van der Waals surface area contributed by atoms with Crippen LogP contribution in [0.5, 0.6) is 17.2 Å². The second-order valence-electron chi connectivity index (χ2n) is 7.36. The highest BCUT2D eigenvalue weighted by Crippen LogP contribution is 2.46. The van der Waals surface area contributed by atoms with Crippen molar-refractivity contribution in [1.29, 1.82) is 0 Å². The molecule has 176 valence electrons. The number of amides is 1. The SMILES string of the molecule is COc1cc(OC)c(N2C(=NC(=O)COc3ccc(Cl)cc3)S[C@H]3CS(=O)(=O)C[C@H]32)cc1Cl. The van der Waals surface area contributed by atoms with E-state index in [0.717, 1.165) is 0 Å². The van der Waals surface area contributed by atoms with E-state index in [1.54, 1.807) is 41.3 Å². The van der Waals surface area contributed by atoms with E-state index >= 15 is 0 Å². The fourth-order valence-corrected chi connectivity index (χ4v) is 7.98. The Morgan fingerprint density at radius 2 is 1.82 bits per heavy atom. The molecule has 2 aromatic carbocycles. The van der Waals surface area contributed by atoms with E-state index in [1.165, 1.54) is 26.0 Å². The molecule has 1 amide bonds. The number of methoxy groups -OCH3 is 2. The lowest BCUT2D eigenvalue weighted by atomic mass is 10.2. The third-order valence-corrected chi connectivity index (χ3v) is 8.93. The van der Waals surface area contributed by atoms with Crippen LogP contribution in [0.25, 0.3) is 0 Å². The number of aliphatic imine (C=N–C) groups is 1. The van der Waals surface area contributed by atoms with E-state index in [1.807, 2.05) is 0 Å². The van der Waals surface area contributed by atoms with Crippen LogP contribution in [0.2, 0.25) is 10.0 Å². The summed E-state index contributed by atoms with van der Waals surface area (Å²) in [5, 5.41) is 0.966. The zero-order chi connectivity index (χ0) is 23.8. The maximum Gasteiger partial charge on any atom is 0.285 e. The first kappa shape index (κ1) is 24.0. The molecule has 0 aromatic heterocycles. The third-order valence-electron chi connectivity index (χ3n) is 5.18. The Balaban J connectivity index is 1.65. The molecule has 2 heterocycles. The van der Waals surface area contributed by atoms with E-state index in [9.17, 15) is 13.2 Å². The maximum atomic E-state index is 12.6. The minimum absolute atomic E-state index is 0.000475. The van der Waals surface area contributed by atoms with Crippen LogP contribution in [0.4, 0.5) is 5.69 Å². The lowest BCUT2D eigenvalue weighted by Crippen LogP contribution is -2.38. The fourth-order valence-electron chi connectivity index (χ4n) is 3.69. The normalized spacial score (nSPS) is 22.3. The van der Waals surface area contributed by atoms with E-state index in [-0.39, 0.29) is 23.4 Å². The summed E-state index contributed by atoms with van der Waals surface area (Å²) in [5.74, 6) is 0.727. The van der Waals surface area contributed by atoms with E-state index < -0.39 is 21.8 Å². The van der Waals surface area contributed by atoms with Gasteiger partial charge in [-0.05, 0) is 30.3 Å². The summed E-state index contributed by atoms with van der Waals surface area (Å²) in [5.41, 5.74) is 0.505. The second-order valence-corrected chi connectivity index (χ2v) is 11.6. The molecule has 4 rings (SSSR count). The molecule has 2 atom stereocenters. The summed E-state index contributed by atoms with van der Waals surface area (Å²) in [6.45, 7) is -0.284. The Bertz CT molecular complexity index is 1200. The first-order chi connectivity index (χ1) is 15.7. The summed E-state index contributed by atoms with van der Waals surface area (Å²) in [6.07, 6.45) is 0.